The largest absolute Gasteiger partial charge is 0.469 e. The van der Waals surface area contributed by atoms with Gasteiger partial charge in [0.05, 0.1) is 12.8 Å². The van der Waals surface area contributed by atoms with E-state index in [0.29, 0.717) is 38.8 Å². The minimum Gasteiger partial charge on any atom is -0.469 e. The number of nitrogens with one attached hydrogen (secondary N) is 1. The van der Waals surface area contributed by atoms with Gasteiger partial charge in [0.15, 0.2) is 0 Å². The van der Waals surface area contributed by atoms with Crippen molar-refractivity contribution in [1.29, 1.82) is 0 Å². The number of ether oxygens (including phenoxy) is 1. The number of hydrogen-bond donors (Lipinski definition) is 1. The SMILES string of the molecule is COC(=O)CCCCNC(=O)C1CCN(c2ccccc2Br)C1=O. The molecule has 1 saturated heterocycles. The van der Waals surface area contributed by atoms with Gasteiger partial charge in [0.25, 0.3) is 0 Å². The fourth-order valence-corrected chi connectivity index (χ4v) is 3.16. The van der Waals surface area contributed by atoms with Gasteiger partial charge in [-0.05, 0) is 47.3 Å². The van der Waals surface area contributed by atoms with Gasteiger partial charge in [0.2, 0.25) is 11.8 Å². The molecule has 0 radical (unpaired) electrons. The lowest BCUT2D eigenvalue weighted by molar-refractivity contribution is -0.140. The van der Waals surface area contributed by atoms with Crippen molar-refractivity contribution in [3.05, 3.63) is 28.7 Å². The number of unbranched alkanes of at least 4 members (excludes halogenated alkanes) is 1. The molecule has 1 aliphatic heterocycles. The maximum atomic E-state index is 12.5. The Morgan fingerprint density at radius 1 is 1.33 bits per heavy atom. The van der Waals surface area contributed by atoms with Gasteiger partial charge in [-0.1, -0.05) is 12.1 Å². The maximum Gasteiger partial charge on any atom is 0.305 e. The average molecular weight is 397 g/mol. The third-order valence-electron chi connectivity index (χ3n) is 4.00. The number of esters is 1. The Bertz CT molecular complexity index is 620. The van der Waals surface area contributed by atoms with Crippen LogP contribution < -0.4 is 10.2 Å². The number of amides is 2. The summed E-state index contributed by atoms with van der Waals surface area (Å²) in [6.45, 7) is 0.983. The van der Waals surface area contributed by atoms with E-state index in [4.69, 9.17) is 0 Å². The first-order valence-corrected chi connectivity index (χ1v) is 8.74. The van der Waals surface area contributed by atoms with Crippen molar-refractivity contribution < 1.29 is 19.1 Å². The zero-order valence-electron chi connectivity index (χ0n) is 13.6. The Labute approximate surface area is 149 Å². The molecule has 2 rings (SSSR count). The molecule has 1 N–H and O–H groups in total. The Morgan fingerprint density at radius 3 is 2.79 bits per heavy atom. The molecule has 0 saturated carbocycles. The van der Waals surface area contributed by atoms with E-state index in [0.717, 1.165) is 10.2 Å². The second-order valence-electron chi connectivity index (χ2n) is 5.61. The van der Waals surface area contributed by atoms with Crippen molar-refractivity contribution in [3.8, 4) is 0 Å². The van der Waals surface area contributed by atoms with Crippen LogP contribution >= 0.6 is 15.9 Å². The molecule has 6 nitrogen and oxygen atoms in total. The summed E-state index contributed by atoms with van der Waals surface area (Å²) in [5.74, 6) is -1.31. The maximum absolute atomic E-state index is 12.5. The van der Waals surface area contributed by atoms with E-state index in [1.54, 1.807) is 4.90 Å². The molecule has 0 aromatic heterocycles. The Balaban J connectivity index is 1.81. The molecule has 130 valence electrons. The second kappa shape index (κ2) is 8.82. The average Bonchev–Trinajstić information content (AvgIpc) is 2.96. The molecule has 24 heavy (non-hydrogen) atoms. The van der Waals surface area contributed by atoms with Crippen LogP contribution in [0.25, 0.3) is 0 Å². The van der Waals surface area contributed by atoms with Gasteiger partial charge in [0.1, 0.15) is 5.92 Å². The highest BCUT2D eigenvalue weighted by molar-refractivity contribution is 9.10. The lowest BCUT2D eigenvalue weighted by Gasteiger charge is -2.18. The van der Waals surface area contributed by atoms with Crippen LogP contribution in [-0.4, -0.2) is 38.0 Å². The third kappa shape index (κ3) is 4.56. The van der Waals surface area contributed by atoms with Crippen LogP contribution in [-0.2, 0) is 19.1 Å². The number of carbonyl (C=O) groups is 3. The topological polar surface area (TPSA) is 75.7 Å². The summed E-state index contributed by atoms with van der Waals surface area (Å²) >= 11 is 3.44. The zero-order valence-corrected chi connectivity index (χ0v) is 15.2. The van der Waals surface area contributed by atoms with Crippen molar-refractivity contribution in [3.63, 3.8) is 0 Å². The predicted molar refractivity (Wildman–Crippen MR) is 93.5 cm³/mol. The number of carbonyl (C=O) groups excluding carboxylic acids is 3. The summed E-state index contributed by atoms with van der Waals surface area (Å²) in [4.78, 5) is 37.3. The van der Waals surface area contributed by atoms with E-state index >= 15 is 0 Å². The molecule has 0 aliphatic carbocycles. The number of rotatable bonds is 7. The van der Waals surface area contributed by atoms with Crippen molar-refractivity contribution >= 4 is 39.4 Å². The monoisotopic (exact) mass is 396 g/mol. The normalized spacial score (nSPS) is 17.0. The van der Waals surface area contributed by atoms with Crippen molar-refractivity contribution in [2.45, 2.75) is 25.7 Å². The summed E-state index contributed by atoms with van der Waals surface area (Å²) in [7, 11) is 1.35. The predicted octanol–water partition coefficient (Wildman–Crippen LogP) is 2.26. The Morgan fingerprint density at radius 2 is 2.08 bits per heavy atom. The number of anilines is 1. The number of methoxy groups -OCH3 is 1. The van der Waals surface area contributed by atoms with E-state index in [2.05, 4.69) is 26.0 Å². The molecule has 1 unspecified atom stereocenters. The van der Waals surface area contributed by atoms with Gasteiger partial charge in [0, 0.05) is 24.0 Å². The summed E-state index contributed by atoms with van der Waals surface area (Å²) in [5.41, 5.74) is 0.788. The van der Waals surface area contributed by atoms with E-state index < -0.39 is 5.92 Å². The fourth-order valence-electron chi connectivity index (χ4n) is 2.66. The molecular formula is C17H21BrN2O4. The first-order chi connectivity index (χ1) is 11.5. The van der Waals surface area contributed by atoms with Crippen LogP contribution in [0.5, 0.6) is 0 Å². The molecule has 7 heteroatoms. The number of nitrogens with zero attached hydrogens (tertiary/aromatic N) is 1. The molecular weight excluding hydrogens is 376 g/mol. The molecule has 1 aromatic rings. The van der Waals surface area contributed by atoms with Crippen LogP contribution in [0.2, 0.25) is 0 Å². The summed E-state index contributed by atoms with van der Waals surface area (Å²) in [5, 5.41) is 2.78. The molecule has 1 atom stereocenters. The smallest absolute Gasteiger partial charge is 0.305 e. The molecule has 1 aliphatic rings. The summed E-state index contributed by atoms with van der Waals surface area (Å²) in [6.07, 6.45) is 2.17. The number of benzene rings is 1. The molecule has 0 spiro atoms. The van der Waals surface area contributed by atoms with E-state index in [-0.39, 0.29) is 17.8 Å². The van der Waals surface area contributed by atoms with E-state index in [1.165, 1.54) is 7.11 Å². The molecule has 2 amide bonds. The highest BCUT2D eigenvalue weighted by Gasteiger charge is 2.37. The van der Waals surface area contributed by atoms with Gasteiger partial charge >= 0.3 is 5.97 Å². The minimum atomic E-state index is -0.641. The molecule has 1 fully saturated rings. The Kier molecular flexibility index (Phi) is 6.78. The third-order valence-corrected chi connectivity index (χ3v) is 4.67. The number of para-hydroxylation sites is 1. The van der Waals surface area contributed by atoms with Crippen LogP contribution in [0.1, 0.15) is 25.7 Å². The van der Waals surface area contributed by atoms with E-state index in [9.17, 15) is 14.4 Å². The molecule has 0 bridgehead atoms. The first kappa shape index (κ1) is 18.4. The lowest BCUT2D eigenvalue weighted by atomic mass is 10.1. The van der Waals surface area contributed by atoms with Crippen LogP contribution in [0.4, 0.5) is 5.69 Å². The Hall–Kier alpha value is -1.89. The van der Waals surface area contributed by atoms with Crippen molar-refractivity contribution in [2.24, 2.45) is 5.92 Å². The van der Waals surface area contributed by atoms with Gasteiger partial charge in [-0.2, -0.15) is 0 Å². The van der Waals surface area contributed by atoms with E-state index in [1.807, 2.05) is 24.3 Å². The van der Waals surface area contributed by atoms with Gasteiger partial charge in [-0.25, -0.2) is 0 Å². The quantitative estimate of drug-likeness (QED) is 0.435. The lowest BCUT2D eigenvalue weighted by Crippen LogP contribution is -2.37. The first-order valence-electron chi connectivity index (χ1n) is 7.95. The highest BCUT2D eigenvalue weighted by Crippen LogP contribution is 2.31. The molecule has 1 aromatic carbocycles. The summed E-state index contributed by atoms with van der Waals surface area (Å²) < 4.78 is 5.39. The van der Waals surface area contributed by atoms with Crippen LogP contribution in [0.3, 0.4) is 0 Å². The molecule has 1 heterocycles. The van der Waals surface area contributed by atoms with Gasteiger partial charge < -0.3 is 15.0 Å². The van der Waals surface area contributed by atoms with Gasteiger partial charge in [-0.15, -0.1) is 0 Å². The zero-order chi connectivity index (χ0) is 17.5. The van der Waals surface area contributed by atoms with Crippen LogP contribution in [0, 0.1) is 5.92 Å². The minimum absolute atomic E-state index is 0.172. The fraction of sp³-hybridized carbons (Fsp3) is 0.471. The number of hydrogen-bond acceptors (Lipinski definition) is 4. The van der Waals surface area contributed by atoms with Crippen LogP contribution in [0.15, 0.2) is 28.7 Å². The highest BCUT2D eigenvalue weighted by atomic mass is 79.9. The number of halogens is 1. The van der Waals surface area contributed by atoms with Crippen molar-refractivity contribution in [2.75, 3.05) is 25.1 Å². The standard InChI is InChI=1S/C17H21BrN2O4/c1-24-15(21)8-4-5-10-19-16(22)12-9-11-20(17(12)23)14-7-3-2-6-13(14)18/h2-3,6-7,12H,4-5,8-11H2,1H3,(H,19,22). The van der Waals surface area contributed by atoms with Crippen molar-refractivity contribution in [1.82, 2.24) is 5.32 Å². The summed E-state index contributed by atoms with van der Waals surface area (Å²) in [6, 6.07) is 7.47. The van der Waals surface area contributed by atoms with Gasteiger partial charge in [-0.3, -0.25) is 14.4 Å². The second-order valence-corrected chi connectivity index (χ2v) is 6.46.